The molecule has 0 saturated heterocycles. The third-order valence-corrected chi connectivity index (χ3v) is 4.16. The van der Waals surface area contributed by atoms with Gasteiger partial charge in [0, 0.05) is 30.5 Å². The van der Waals surface area contributed by atoms with Crippen molar-refractivity contribution in [3.05, 3.63) is 40.8 Å². The Morgan fingerprint density at radius 2 is 2.23 bits per heavy atom. The Morgan fingerprint density at radius 3 is 3.09 bits per heavy atom. The van der Waals surface area contributed by atoms with Gasteiger partial charge in [0.25, 0.3) is 5.89 Å². The van der Waals surface area contributed by atoms with Crippen molar-refractivity contribution in [3.63, 3.8) is 0 Å². The summed E-state index contributed by atoms with van der Waals surface area (Å²) in [5, 5.41) is 6.25. The highest BCUT2D eigenvalue weighted by molar-refractivity contribution is 7.15. The Morgan fingerprint density at radius 1 is 1.32 bits per heavy atom. The van der Waals surface area contributed by atoms with E-state index in [-0.39, 0.29) is 0 Å². The number of thiazole rings is 1. The Hall–Kier alpha value is -2.29. The molecule has 0 spiro atoms. The van der Waals surface area contributed by atoms with Crippen molar-refractivity contribution in [1.82, 2.24) is 24.5 Å². The number of halogens is 1. The van der Waals surface area contributed by atoms with Crippen molar-refractivity contribution in [2.75, 3.05) is 0 Å². The standard InChI is InChI=1S/C13H9ClN6OS/c14-10-9(20-1-2-22-13(20)17-10)11-18-12(21-19-11)8-3-7(4-15)5-16-6-8/h1-3,5-6H,4,15H2. The first kappa shape index (κ1) is 13.4. The highest BCUT2D eigenvalue weighted by atomic mass is 35.5. The van der Waals surface area contributed by atoms with E-state index >= 15 is 0 Å². The van der Waals surface area contributed by atoms with Crippen LogP contribution >= 0.6 is 22.9 Å². The first-order valence-electron chi connectivity index (χ1n) is 6.36. The molecule has 0 atom stereocenters. The minimum Gasteiger partial charge on any atom is -0.333 e. The first-order valence-corrected chi connectivity index (χ1v) is 7.61. The van der Waals surface area contributed by atoms with E-state index in [0.29, 0.717) is 34.7 Å². The maximum Gasteiger partial charge on any atom is 0.259 e. The van der Waals surface area contributed by atoms with Gasteiger partial charge in [0.2, 0.25) is 5.82 Å². The quantitative estimate of drug-likeness (QED) is 0.619. The normalized spacial score (nSPS) is 11.4. The van der Waals surface area contributed by atoms with E-state index in [1.807, 2.05) is 22.0 Å². The molecule has 0 amide bonds. The Labute approximate surface area is 133 Å². The second-order valence-corrected chi connectivity index (χ2v) is 5.75. The average molecular weight is 333 g/mol. The van der Waals surface area contributed by atoms with Crippen LogP contribution in [0.25, 0.3) is 27.9 Å². The van der Waals surface area contributed by atoms with Gasteiger partial charge in [-0.3, -0.25) is 9.38 Å². The number of rotatable bonds is 3. The van der Waals surface area contributed by atoms with Crippen molar-refractivity contribution < 1.29 is 4.52 Å². The summed E-state index contributed by atoms with van der Waals surface area (Å²) < 4.78 is 7.15. The van der Waals surface area contributed by atoms with E-state index in [4.69, 9.17) is 21.9 Å². The van der Waals surface area contributed by atoms with Crippen LogP contribution in [-0.2, 0) is 6.54 Å². The average Bonchev–Trinajstić information content (AvgIpc) is 3.23. The minimum atomic E-state index is 0.341. The number of hydrogen-bond donors (Lipinski definition) is 1. The summed E-state index contributed by atoms with van der Waals surface area (Å²) in [6.07, 6.45) is 5.21. The SMILES string of the molecule is NCc1cncc(-c2nc(-c3c(Cl)nc4sccn34)no2)c1. The minimum absolute atomic E-state index is 0.341. The van der Waals surface area contributed by atoms with Crippen LogP contribution in [0.5, 0.6) is 0 Å². The summed E-state index contributed by atoms with van der Waals surface area (Å²) in [4.78, 5) is 13.5. The van der Waals surface area contributed by atoms with Gasteiger partial charge in [-0.1, -0.05) is 16.8 Å². The summed E-state index contributed by atoms with van der Waals surface area (Å²) in [6.45, 7) is 0.395. The number of imidazole rings is 1. The Kier molecular flexibility index (Phi) is 3.14. The number of fused-ring (bicyclic) bond motifs is 1. The van der Waals surface area contributed by atoms with Gasteiger partial charge in [0.1, 0.15) is 5.69 Å². The molecule has 2 N–H and O–H groups in total. The van der Waals surface area contributed by atoms with Crippen molar-refractivity contribution >= 4 is 27.9 Å². The van der Waals surface area contributed by atoms with Gasteiger partial charge in [-0.05, 0) is 11.6 Å². The van der Waals surface area contributed by atoms with E-state index in [1.165, 1.54) is 11.3 Å². The second kappa shape index (κ2) is 5.16. The fourth-order valence-electron chi connectivity index (χ4n) is 2.11. The van der Waals surface area contributed by atoms with Crippen LogP contribution in [-0.4, -0.2) is 24.5 Å². The maximum atomic E-state index is 6.17. The molecular formula is C13H9ClN6OS. The van der Waals surface area contributed by atoms with E-state index in [0.717, 1.165) is 10.5 Å². The van der Waals surface area contributed by atoms with Crippen LogP contribution < -0.4 is 5.73 Å². The summed E-state index contributed by atoms with van der Waals surface area (Å²) in [5.74, 6) is 0.739. The zero-order chi connectivity index (χ0) is 15.1. The van der Waals surface area contributed by atoms with Crippen LogP contribution in [0.2, 0.25) is 5.15 Å². The van der Waals surface area contributed by atoms with Crippen LogP contribution in [0, 0.1) is 0 Å². The molecule has 0 unspecified atom stereocenters. The molecule has 4 aromatic rings. The van der Waals surface area contributed by atoms with Crippen LogP contribution in [0.3, 0.4) is 0 Å². The number of nitrogens with zero attached hydrogens (tertiary/aromatic N) is 5. The van der Waals surface area contributed by atoms with Gasteiger partial charge in [-0.25, -0.2) is 4.98 Å². The zero-order valence-electron chi connectivity index (χ0n) is 11.1. The number of hydrogen-bond acceptors (Lipinski definition) is 7. The van der Waals surface area contributed by atoms with Crippen LogP contribution in [0.1, 0.15) is 5.56 Å². The lowest BCUT2D eigenvalue weighted by Crippen LogP contribution is -1.97. The molecule has 0 aliphatic carbocycles. The molecule has 4 aromatic heterocycles. The molecule has 0 radical (unpaired) electrons. The molecule has 4 rings (SSSR count). The van der Waals surface area contributed by atoms with Crippen LogP contribution in [0.15, 0.2) is 34.6 Å². The monoisotopic (exact) mass is 332 g/mol. The fraction of sp³-hybridized carbons (Fsp3) is 0.0769. The lowest BCUT2D eigenvalue weighted by atomic mass is 10.2. The van der Waals surface area contributed by atoms with Crippen molar-refractivity contribution in [2.45, 2.75) is 6.54 Å². The zero-order valence-corrected chi connectivity index (χ0v) is 12.7. The first-order chi connectivity index (χ1) is 10.8. The molecule has 0 bridgehead atoms. The van der Waals surface area contributed by atoms with E-state index < -0.39 is 0 Å². The van der Waals surface area contributed by atoms with Gasteiger partial charge in [-0.15, -0.1) is 11.3 Å². The molecule has 0 fully saturated rings. The molecule has 4 heterocycles. The van der Waals surface area contributed by atoms with E-state index in [2.05, 4.69) is 20.1 Å². The third kappa shape index (κ3) is 2.08. The van der Waals surface area contributed by atoms with E-state index in [1.54, 1.807) is 12.4 Å². The molecule has 0 aliphatic rings. The molecule has 22 heavy (non-hydrogen) atoms. The van der Waals surface area contributed by atoms with Crippen molar-refractivity contribution in [1.29, 1.82) is 0 Å². The summed E-state index contributed by atoms with van der Waals surface area (Å²) >= 11 is 7.65. The Bertz CT molecular complexity index is 958. The van der Waals surface area contributed by atoms with Gasteiger partial charge < -0.3 is 10.3 Å². The predicted octanol–water partition coefficient (Wildman–Crippen LogP) is 2.62. The van der Waals surface area contributed by atoms with Gasteiger partial charge in [-0.2, -0.15) is 4.98 Å². The van der Waals surface area contributed by atoms with Crippen molar-refractivity contribution in [3.8, 4) is 23.0 Å². The molecule has 7 nitrogen and oxygen atoms in total. The van der Waals surface area contributed by atoms with Gasteiger partial charge in [0.05, 0.1) is 5.56 Å². The summed E-state index contributed by atoms with van der Waals surface area (Å²) in [6, 6.07) is 1.86. The highest BCUT2D eigenvalue weighted by Crippen LogP contribution is 2.30. The third-order valence-electron chi connectivity index (χ3n) is 3.13. The van der Waals surface area contributed by atoms with E-state index in [9.17, 15) is 0 Å². The Balaban J connectivity index is 1.81. The molecule has 0 aliphatic heterocycles. The molecular weight excluding hydrogens is 324 g/mol. The number of pyridine rings is 1. The van der Waals surface area contributed by atoms with Gasteiger partial charge >= 0.3 is 0 Å². The summed E-state index contributed by atoms with van der Waals surface area (Å²) in [7, 11) is 0. The van der Waals surface area contributed by atoms with Crippen LogP contribution in [0.4, 0.5) is 0 Å². The number of nitrogens with two attached hydrogens (primary N) is 1. The maximum absolute atomic E-state index is 6.17. The topological polar surface area (TPSA) is 95.1 Å². The highest BCUT2D eigenvalue weighted by Gasteiger charge is 2.19. The van der Waals surface area contributed by atoms with Crippen molar-refractivity contribution in [2.24, 2.45) is 5.73 Å². The molecule has 0 saturated carbocycles. The lowest BCUT2D eigenvalue weighted by molar-refractivity contribution is 0.432. The number of aromatic nitrogens is 5. The van der Waals surface area contributed by atoms with Gasteiger partial charge in [0.15, 0.2) is 10.1 Å². The summed E-state index contributed by atoms with van der Waals surface area (Å²) in [5.41, 5.74) is 7.82. The fourth-order valence-corrected chi connectivity index (χ4v) is 3.13. The predicted molar refractivity (Wildman–Crippen MR) is 82.5 cm³/mol. The smallest absolute Gasteiger partial charge is 0.259 e. The molecule has 110 valence electrons. The molecule has 9 heteroatoms. The lowest BCUT2D eigenvalue weighted by Gasteiger charge is -1.97. The molecule has 0 aromatic carbocycles. The largest absolute Gasteiger partial charge is 0.333 e. The second-order valence-electron chi connectivity index (χ2n) is 4.52.